The lowest BCUT2D eigenvalue weighted by Gasteiger charge is -2.30. The first kappa shape index (κ1) is 10.4. The van der Waals surface area contributed by atoms with Crippen LogP contribution in [0.1, 0.15) is 6.42 Å². The fourth-order valence-corrected chi connectivity index (χ4v) is 1.62. The molecular weight excluding hydrogens is 211 g/mol. The standard InChI is InChI=1S/C11H9FN2O2/c12-8-2-1-3-9(6-8)14-10(7-13)4-5-16-11(14)15/h1-3,6,10H,4-5H2. The maximum atomic E-state index is 13.0. The summed E-state index contributed by atoms with van der Waals surface area (Å²) in [7, 11) is 0. The molecular formula is C11H9FN2O2. The molecule has 5 heteroatoms. The lowest BCUT2D eigenvalue weighted by atomic mass is 10.1. The lowest BCUT2D eigenvalue weighted by Crippen LogP contribution is -2.45. The highest BCUT2D eigenvalue weighted by Gasteiger charge is 2.31. The minimum atomic E-state index is -0.608. The molecule has 1 aromatic carbocycles. The van der Waals surface area contributed by atoms with Gasteiger partial charge in [0.05, 0.1) is 18.4 Å². The Morgan fingerprint density at radius 2 is 2.38 bits per heavy atom. The van der Waals surface area contributed by atoms with Crippen LogP contribution in [0.2, 0.25) is 0 Å². The van der Waals surface area contributed by atoms with Gasteiger partial charge in [-0.3, -0.25) is 4.90 Å². The molecule has 2 rings (SSSR count). The molecule has 1 heterocycles. The molecule has 0 bridgehead atoms. The summed E-state index contributed by atoms with van der Waals surface area (Å²) in [6.45, 7) is 0.225. The maximum absolute atomic E-state index is 13.0. The van der Waals surface area contributed by atoms with E-state index >= 15 is 0 Å². The summed E-state index contributed by atoms with van der Waals surface area (Å²) in [4.78, 5) is 12.7. The molecule has 1 aromatic rings. The lowest BCUT2D eigenvalue weighted by molar-refractivity contribution is 0.134. The Kier molecular flexibility index (Phi) is 2.73. The summed E-state index contributed by atoms with van der Waals surface area (Å²) in [6, 6.07) is 6.95. The molecule has 1 amide bonds. The fourth-order valence-electron chi connectivity index (χ4n) is 1.62. The molecule has 16 heavy (non-hydrogen) atoms. The first-order valence-corrected chi connectivity index (χ1v) is 4.83. The van der Waals surface area contributed by atoms with E-state index in [1.807, 2.05) is 6.07 Å². The van der Waals surface area contributed by atoms with Crippen LogP contribution in [0, 0.1) is 17.1 Å². The zero-order valence-corrected chi connectivity index (χ0v) is 8.39. The Morgan fingerprint density at radius 3 is 3.06 bits per heavy atom. The van der Waals surface area contributed by atoms with Gasteiger partial charge in [-0.2, -0.15) is 5.26 Å². The van der Waals surface area contributed by atoms with Crippen molar-refractivity contribution < 1.29 is 13.9 Å². The zero-order chi connectivity index (χ0) is 11.5. The predicted molar refractivity (Wildman–Crippen MR) is 54.2 cm³/mol. The Bertz CT molecular complexity index is 456. The molecule has 1 aliphatic heterocycles. The normalized spacial score (nSPS) is 20.1. The van der Waals surface area contributed by atoms with Crippen molar-refractivity contribution >= 4 is 11.8 Å². The number of carbonyl (C=O) groups is 1. The molecule has 0 saturated carbocycles. The zero-order valence-electron chi connectivity index (χ0n) is 8.39. The second kappa shape index (κ2) is 4.19. The van der Waals surface area contributed by atoms with Crippen LogP contribution in [-0.2, 0) is 4.74 Å². The van der Waals surface area contributed by atoms with Crippen LogP contribution >= 0.6 is 0 Å². The Hall–Kier alpha value is -2.09. The number of benzene rings is 1. The van der Waals surface area contributed by atoms with Gasteiger partial charge in [0.15, 0.2) is 0 Å². The summed E-state index contributed by atoms with van der Waals surface area (Å²) < 4.78 is 17.8. The Labute approximate surface area is 91.8 Å². The molecule has 1 aliphatic rings. The highest BCUT2D eigenvalue weighted by Crippen LogP contribution is 2.23. The van der Waals surface area contributed by atoms with Crippen LogP contribution in [0.3, 0.4) is 0 Å². The topological polar surface area (TPSA) is 53.3 Å². The number of hydrogen-bond acceptors (Lipinski definition) is 3. The van der Waals surface area contributed by atoms with Crippen molar-refractivity contribution in [3.05, 3.63) is 30.1 Å². The van der Waals surface area contributed by atoms with Crippen molar-refractivity contribution in [3.63, 3.8) is 0 Å². The number of nitrogens with zero attached hydrogens (tertiary/aromatic N) is 2. The van der Waals surface area contributed by atoms with Gasteiger partial charge < -0.3 is 4.74 Å². The number of nitriles is 1. The van der Waals surface area contributed by atoms with Crippen molar-refractivity contribution in [1.29, 1.82) is 5.26 Å². The van der Waals surface area contributed by atoms with Crippen LogP contribution in [0.15, 0.2) is 24.3 Å². The molecule has 0 aliphatic carbocycles. The number of carbonyl (C=O) groups excluding carboxylic acids is 1. The summed E-state index contributed by atoms with van der Waals surface area (Å²) in [5.74, 6) is -0.451. The average Bonchev–Trinajstić information content (AvgIpc) is 2.28. The minimum Gasteiger partial charge on any atom is -0.449 e. The number of ether oxygens (including phenoxy) is 1. The van der Waals surface area contributed by atoms with Gasteiger partial charge in [0.1, 0.15) is 11.9 Å². The van der Waals surface area contributed by atoms with Crippen LogP contribution in [0.25, 0.3) is 0 Å². The largest absolute Gasteiger partial charge is 0.449 e. The van der Waals surface area contributed by atoms with E-state index in [9.17, 15) is 9.18 Å². The quantitative estimate of drug-likeness (QED) is 0.727. The molecule has 4 nitrogen and oxygen atoms in total. The van der Waals surface area contributed by atoms with Gasteiger partial charge in [0.2, 0.25) is 0 Å². The third-order valence-electron chi connectivity index (χ3n) is 2.36. The third-order valence-corrected chi connectivity index (χ3v) is 2.36. The van der Waals surface area contributed by atoms with Gasteiger partial charge >= 0.3 is 6.09 Å². The molecule has 0 radical (unpaired) electrons. The number of cyclic esters (lactones) is 1. The number of anilines is 1. The SMILES string of the molecule is N#CC1CCOC(=O)N1c1cccc(F)c1. The predicted octanol–water partition coefficient (Wildman–Crippen LogP) is 2.06. The monoisotopic (exact) mass is 220 g/mol. The Balaban J connectivity index is 2.36. The van der Waals surface area contributed by atoms with Gasteiger partial charge in [-0.05, 0) is 18.2 Å². The fraction of sp³-hybridized carbons (Fsp3) is 0.273. The summed E-state index contributed by atoms with van der Waals surface area (Å²) in [5, 5.41) is 8.92. The first-order valence-electron chi connectivity index (χ1n) is 4.83. The van der Waals surface area contributed by atoms with Gasteiger partial charge in [0.25, 0.3) is 0 Å². The first-order chi connectivity index (χ1) is 7.72. The molecule has 82 valence electrons. The number of hydrogen-bond donors (Lipinski definition) is 0. The number of halogens is 1. The van der Waals surface area contributed by atoms with Gasteiger partial charge in [0, 0.05) is 6.42 Å². The van der Waals surface area contributed by atoms with E-state index in [1.54, 1.807) is 6.07 Å². The van der Waals surface area contributed by atoms with Crippen LogP contribution in [-0.4, -0.2) is 18.7 Å². The van der Waals surface area contributed by atoms with Crippen molar-refractivity contribution in [2.75, 3.05) is 11.5 Å². The van der Waals surface area contributed by atoms with E-state index in [2.05, 4.69) is 0 Å². The number of amides is 1. The summed E-state index contributed by atoms with van der Waals surface area (Å²) in [5.41, 5.74) is 0.344. The average molecular weight is 220 g/mol. The highest BCUT2D eigenvalue weighted by molar-refractivity contribution is 5.89. The molecule has 0 N–H and O–H groups in total. The second-order valence-corrected chi connectivity index (χ2v) is 3.40. The number of rotatable bonds is 1. The molecule has 1 unspecified atom stereocenters. The smallest absolute Gasteiger partial charge is 0.415 e. The molecule has 1 saturated heterocycles. The Morgan fingerprint density at radius 1 is 1.56 bits per heavy atom. The van der Waals surface area contributed by atoms with Gasteiger partial charge in [-0.15, -0.1) is 0 Å². The van der Waals surface area contributed by atoms with E-state index in [1.165, 1.54) is 23.1 Å². The van der Waals surface area contributed by atoms with E-state index in [0.29, 0.717) is 12.1 Å². The van der Waals surface area contributed by atoms with Crippen molar-refractivity contribution in [2.24, 2.45) is 0 Å². The van der Waals surface area contributed by atoms with Crippen molar-refractivity contribution in [2.45, 2.75) is 12.5 Å². The maximum Gasteiger partial charge on any atom is 0.415 e. The van der Waals surface area contributed by atoms with Crippen LogP contribution in [0.4, 0.5) is 14.9 Å². The van der Waals surface area contributed by atoms with Crippen molar-refractivity contribution in [1.82, 2.24) is 0 Å². The third kappa shape index (κ3) is 1.82. The van der Waals surface area contributed by atoms with E-state index in [0.717, 1.165) is 0 Å². The van der Waals surface area contributed by atoms with Crippen LogP contribution < -0.4 is 4.90 Å². The molecule has 0 aromatic heterocycles. The summed E-state index contributed by atoms with van der Waals surface area (Å²) in [6.07, 6.45) is -0.179. The van der Waals surface area contributed by atoms with Crippen molar-refractivity contribution in [3.8, 4) is 6.07 Å². The molecule has 1 atom stereocenters. The molecule has 0 spiro atoms. The van der Waals surface area contributed by atoms with Gasteiger partial charge in [-0.25, -0.2) is 9.18 Å². The molecule has 1 fully saturated rings. The highest BCUT2D eigenvalue weighted by atomic mass is 19.1. The van der Waals surface area contributed by atoms with E-state index in [4.69, 9.17) is 10.00 Å². The summed E-state index contributed by atoms with van der Waals surface area (Å²) >= 11 is 0. The van der Waals surface area contributed by atoms with E-state index < -0.39 is 18.0 Å². The van der Waals surface area contributed by atoms with Gasteiger partial charge in [-0.1, -0.05) is 6.07 Å². The minimum absolute atomic E-state index is 0.225. The van der Waals surface area contributed by atoms with Crippen LogP contribution in [0.5, 0.6) is 0 Å². The van der Waals surface area contributed by atoms with E-state index in [-0.39, 0.29) is 6.61 Å². The second-order valence-electron chi connectivity index (χ2n) is 3.40.